The Hall–Kier alpha value is -4.34. The van der Waals surface area contributed by atoms with E-state index in [4.69, 9.17) is 16.3 Å². The number of carbonyl (C=O) groups is 2. The van der Waals surface area contributed by atoms with Crippen molar-refractivity contribution < 1.29 is 22.7 Å². The van der Waals surface area contributed by atoms with Gasteiger partial charge in [0.1, 0.15) is 18.3 Å². The molecule has 2 amide bonds. The van der Waals surface area contributed by atoms with Gasteiger partial charge < -0.3 is 15.0 Å². The van der Waals surface area contributed by atoms with Crippen LogP contribution in [0.5, 0.6) is 5.75 Å². The van der Waals surface area contributed by atoms with Gasteiger partial charge in [-0.2, -0.15) is 0 Å². The number of rotatable bonds is 12. The number of nitrogens with one attached hydrogen (secondary N) is 1. The van der Waals surface area contributed by atoms with E-state index in [2.05, 4.69) is 5.32 Å². The number of ether oxygens (including phenoxy) is 1. The highest BCUT2D eigenvalue weighted by Crippen LogP contribution is 2.28. The highest BCUT2D eigenvalue weighted by Gasteiger charge is 2.35. The molecule has 46 heavy (non-hydrogen) atoms. The van der Waals surface area contributed by atoms with Crippen LogP contribution >= 0.6 is 11.6 Å². The van der Waals surface area contributed by atoms with E-state index in [0.717, 1.165) is 21.0 Å². The molecule has 4 aromatic carbocycles. The van der Waals surface area contributed by atoms with Crippen LogP contribution in [0.4, 0.5) is 5.69 Å². The number of carbonyl (C=O) groups excluding carboxylic acids is 2. The lowest BCUT2D eigenvalue weighted by atomic mass is 10.00. The number of methoxy groups -OCH3 is 1. The third-order valence-electron chi connectivity index (χ3n) is 7.41. The molecule has 0 aliphatic heterocycles. The second-order valence-electron chi connectivity index (χ2n) is 12.1. The summed E-state index contributed by atoms with van der Waals surface area (Å²) in [5.74, 6) is -0.388. The third-order valence-corrected chi connectivity index (χ3v) is 9.45. The van der Waals surface area contributed by atoms with Gasteiger partial charge in [-0.1, -0.05) is 66.2 Å². The number of halogens is 1. The number of amides is 2. The Morgan fingerprint density at radius 1 is 0.870 bits per heavy atom. The van der Waals surface area contributed by atoms with Crippen LogP contribution in [0.15, 0.2) is 108 Å². The van der Waals surface area contributed by atoms with Gasteiger partial charge in [-0.25, -0.2) is 8.42 Å². The zero-order chi connectivity index (χ0) is 33.5. The largest absolute Gasteiger partial charge is 0.497 e. The van der Waals surface area contributed by atoms with Gasteiger partial charge in [-0.15, -0.1) is 0 Å². The van der Waals surface area contributed by atoms with Crippen LogP contribution in [-0.4, -0.2) is 50.4 Å². The Morgan fingerprint density at radius 3 is 2.07 bits per heavy atom. The van der Waals surface area contributed by atoms with Gasteiger partial charge in [0.25, 0.3) is 10.0 Å². The van der Waals surface area contributed by atoms with Gasteiger partial charge in [0.2, 0.25) is 11.8 Å². The average Bonchev–Trinajstić information content (AvgIpc) is 3.02. The molecule has 0 aromatic heterocycles. The zero-order valence-corrected chi connectivity index (χ0v) is 28.3. The first-order valence-electron chi connectivity index (χ1n) is 14.9. The molecule has 0 heterocycles. The predicted molar refractivity (Wildman–Crippen MR) is 183 cm³/mol. The Morgan fingerprint density at radius 2 is 1.48 bits per heavy atom. The highest BCUT2D eigenvalue weighted by atomic mass is 35.5. The van der Waals surface area contributed by atoms with Crippen molar-refractivity contribution in [2.45, 2.75) is 57.1 Å². The van der Waals surface area contributed by atoms with Crippen molar-refractivity contribution in [2.24, 2.45) is 0 Å². The summed E-state index contributed by atoms with van der Waals surface area (Å²) in [5.41, 5.74) is 2.32. The van der Waals surface area contributed by atoms with Crippen molar-refractivity contribution in [2.75, 3.05) is 18.0 Å². The van der Waals surface area contributed by atoms with E-state index in [9.17, 15) is 18.0 Å². The molecular formula is C36H40ClN3O5S. The Balaban J connectivity index is 1.82. The molecule has 10 heteroatoms. The second kappa shape index (κ2) is 14.8. The zero-order valence-electron chi connectivity index (χ0n) is 26.7. The number of aryl methyl sites for hydroxylation is 1. The number of benzene rings is 4. The van der Waals surface area contributed by atoms with Crippen molar-refractivity contribution in [3.05, 3.63) is 125 Å². The third kappa shape index (κ3) is 8.89. The van der Waals surface area contributed by atoms with Crippen molar-refractivity contribution in [3.8, 4) is 5.75 Å². The van der Waals surface area contributed by atoms with Crippen LogP contribution in [0.1, 0.15) is 37.5 Å². The molecule has 242 valence electrons. The predicted octanol–water partition coefficient (Wildman–Crippen LogP) is 6.41. The van der Waals surface area contributed by atoms with E-state index in [1.165, 1.54) is 24.1 Å². The Kier molecular flexibility index (Phi) is 11.1. The lowest BCUT2D eigenvalue weighted by Gasteiger charge is -2.35. The van der Waals surface area contributed by atoms with Gasteiger partial charge in [-0.05, 0) is 92.9 Å². The maximum atomic E-state index is 14.6. The van der Waals surface area contributed by atoms with Gasteiger partial charge >= 0.3 is 0 Å². The maximum absolute atomic E-state index is 14.6. The maximum Gasteiger partial charge on any atom is 0.264 e. The molecule has 0 saturated carbocycles. The highest BCUT2D eigenvalue weighted by molar-refractivity contribution is 7.92. The molecule has 8 nitrogen and oxygen atoms in total. The molecule has 0 bridgehead atoms. The van der Waals surface area contributed by atoms with Gasteiger partial charge in [0.05, 0.1) is 17.7 Å². The van der Waals surface area contributed by atoms with Crippen LogP contribution in [0.25, 0.3) is 0 Å². The van der Waals surface area contributed by atoms with Crippen LogP contribution in [0.2, 0.25) is 5.02 Å². The molecule has 0 radical (unpaired) electrons. The fourth-order valence-corrected chi connectivity index (χ4v) is 6.53. The smallest absolute Gasteiger partial charge is 0.264 e. The first kappa shape index (κ1) is 34.5. The second-order valence-corrected chi connectivity index (χ2v) is 14.4. The molecule has 1 atom stereocenters. The normalized spacial score (nSPS) is 12.2. The molecule has 1 N–H and O–H groups in total. The lowest BCUT2D eigenvalue weighted by molar-refractivity contribution is -0.140. The Labute approximate surface area is 277 Å². The van der Waals surface area contributed by atoms with Crippen LogP contribution < -0.4 is 14.4 Å². The summed E-state index contributed by atoms with van der Waals surface area (Å²) in [6.07, 6.45) is 0.229. The fraction of sp³-hybridized carbons (Fsp3) is 0.278. The minimum Gasteiger partial charge on any atom is -0.497 e. The van der Waals surface area contributed by atoms with Crippen LogP contribution in [0.3, 0.4) is 0 Å². The monoisotopic (exact) mass is 661 g/mol. The van der Waals surface area contributed by atoms with E-state index >= 15 is 0 Å². The quantitative estimate of drug-likeness (QED) is 0.189. The summed E-state index contributed by atoms with van der Waals surface area (Å²) >= 11 is 6.15. The van der Waals surface area contributed by atoms with Gasteiger partial charge in [-0.3, -0.25) is 13.9 Å². The van der Waals surface area contributed by atoms with Crippen molar-refractivity contribution in [3.63, 3.8) is 0 Å². The number of nitrogens with zero attached hydrogens (tertiary/aromatic N) is 2. The minimum absolute atomic E-state index is 0.0205. The Bertz CT molecular complexity index is 1740. The van der Waals surface area contributed by atoms with E-state index in [1.807, 2.05) is 82.3 Å². The van der Waals surface area contributed by atoms with Gasteiger partial charge in [0, 0.05) is 23.5 Å². The fourth-order valence-electron chi connectivity index (χ4n) is 4.99. The van der Waals surface area contributed by atoms with Crippen LogP contribution in [0, 0.1) is 6.92 Å². The number of hydrogen-bond acceptors (Lipinski definition) is 5. The lowest BCUT2D eigenvalue weighted by Crippen LogP contribution is -2.56. The number of hydrogen-bond donors (Lipinski definition) is 1. The van der Waals surface area contributed by atoms with E-state index in [0.29, 0.717) is 10.8 Å². The van der Waals surface area contributed by atoms with Crippen molar-refractivity contribution in [1.82, 2.24) is 10.2 Å². The van der Waals surface area contributed by atoms with E-state index < -0.39 is 34.1 Å². The average molecular weight is 662 g/mol. The molecule has 0 aliphatic carbocycles. The number of sulfonamides is 1. The first-order valence-corrected chi connectivity index (χ1v) is 16.7. The molecule has 0 spiro atoms. The molecule has 4 aromatic rings. The molecule has 0 fully saturated rings. The van der Waals surface area contributed by atoms with E-state index in [1.54, 1.807) is 36.4 Å². The first-order chi connectivity index (χ1) is 21.8. The van der Waals surface area contributed by atoms with Gasteiger partial charge in [0.15, 0.2) is 0 Å². The summed E-state index contributed by atoms with van der Waals surface area (Å²) < 4.78 is 34.6. The van der Waals surface area contributed by atoms with Crippen molar-refractivity contribution >= 4 is 39.1 Å². The standard InChI is InChI=1S/C36H40ClN3O5S/c1-26-11-9-10-14-28(26)24-39(33(35(42)38-36(2,3)4)23-27-12-7-6-8-13-27)34(41)25-40(30-17-15-29(37)16-18-30)46(43,44)32-21-19-31(45-5)20-22-32/h6-22,33H,23-25H2,1-5H3,(H,38,42)/t33-/m1/s1. The molecule has 4 rings (SSSR count). The topological polar surface area (TPSA) is 96.0 Å². The number of anilines is 1. The summed E-state index contributed by atoms with van der Waals surface area (Å²) in [5, 5.41) is 3.46. The van der Waals surface area contributed by atoms with Crippen molar-refractivity contribution in [1.29, 1.82) is 0 Å². The summed E-state index contributed by atoms with van der Waals surface area (Å²) in [4.78, 5) is 30.0. The summed E-state index contributed by atoms with van der Waals surface area (Å²) in [7, 11) is -2.76. The molecule has 0 unspecified atom stereocenters. The molecule has 0 aliphatic rings. The molecular weight excluding hydrogens is 622 g/mol. The molecule has 0 saturated heterocycles. The summed E-state index contributed by atoms with van der Waals surface area (Å²) in [6, 6.07) is 28.3. The summed E-state index contributed by atoms with van der Waals surface area (Å²) in [6.45, 7) is 7.10. The van der Waals surface area contributed by atoms with Crippen LogP contribution in [-0.2, 0) is 32.6 Å². The van der Waals surface area contributed by atoms with E-state index in [-0.39, 0.29) is 29.5 Å². The SMILES string of the molecule is COc1ccc(S(=O)(=O)N(CC(=O)N(Cc2ccccc2C)[C@H](Cc2ccccc2)C(=O)NC(C)(C)C)c2ccc(Cl)cc2)cc1. The minimum atomic E-state index is -4.25.